The minimum absolute atomic E-state index is 0. The molecule has 0 atom stereocenters. The first-order chi connectivity index (χ1) is 15.9. The lowest BCUT2D eigenvalue weighted by Gasteiger charge is -2.56. The highest BCUT2D eigenvalue weighted by atomic mass is 32.2. The van der Waals surface area contributed by atoms with Crippen molar-refractivity contribution < 1.29 is 13.5 Å². The largest absolute Gasteiger partial charge is 0.273 e. The Morgan fingerprint density at radius 3 is 2.47 bits per heavy atom. The number of benzene rings is 1. The van der Waals surface area contributed by atoms with Crippen LogP contribution in [0.4, 0.5) is 4.39 Å². The van der Waals surface area contributed by atoms with E-state index in [2.05, 4.69) is 5.43 Å². The highest BCUT2D eigenvalue weighted by Gasteiger charge is 2.51. The molecule has 0 unspecified atom stereocenters. The van der Waals surface area contributed by atoms with Gasteiger partial charge in [-0.1, -0.05) is 0 Å². The molecule has 1 aromatic carbocycles. The summed E-state index contributed by atoms with van der Waals surface area (Å²) in [7, 11) is 1.67. The third-order valence-electron chi connectivity index (χ3n) is 8.24. The highest BCUT2D eigenvalue weighted by Crippen LogP contribution is 2.60. The number of hydrogen-bond acceptors (Lipinski definition) is 6. The van der Waals surface area contributed by atoms with E-state index >= 15 is 4.39 Å². The molecule has 10 heteroatoms. The van der Waals surface area contributed by atoms with Gasteiger partial charge in [-0.05, 0) is 81.1 Å². The lowest BCUT2D eigenvalue weighted by atomic mass is 9.49. The van der Waals surface area contributed by atoms with Crippen LogP contribution >= 0.6 is 25.7 Å². The molecule has 2 aromatic rings. The van der Waals surface area contributed by atoms with E-state index in [1.54, 1.807) is 13.1 Å². The third kappa shape index (κ3) is 4.48. The second-order valence-electron chi connectivity index (χ2n) is 10.9. The maximum atomic E-state index is 15.1. The van der Waals surface area contributed by atoms with Gasteiger partial charge >= 0.3 is 0 Å². The number of fused-ring (bicyclic) bond motifs is 1. The van der Waals surface area contributed by atoms with Crippen LogP contribution in [-0.2, 0) is 10.8 Å². The van der Waals surface area contributed by atoms with E-state index in [-0.39, 0.29) is 19.1 Å². The molecule has 186 valence electrons. The lowest BCUT2D eigenvalue weighted by molar-refractivity contribution is -0.0931. The van der Waals surface area contributed by atoms with Crippen LogP contribution in [0.15, 0.2) is 12.1 Å². The average molecular weight is 508 g/mol. The number of aryl methyl sites for hydroxylation is 1. The van der Waals surface area contributed by atoms with Crippen molar-refractivity contribution >= 4 is 42.5 Å². The molecule has 34 heavy (non-hydrogen) atoms. The van der Waals surface area contributed by atoms with Crippen molar-refractivity contribution in [2.45, 2.75) is 58.4 Å². The molecular weight excluding hydrogens is 473 g/mol. The fourth-order valence-corrected chi connectivity index (χ4v) is 7.60. The third-order valence-corrected chi connectivity index (χ3v) is 8.84. The molecular formula is C24H34FN5O2S2. The van der Waals surface area contributed by atoms with Crippen molar-refractivity contribution in [3.05, 3.63) is 29.2 Å². The fraction of sp³-hybridized carbons (Fsp3) is 0.667. The summed E-state index contributed by atoms with van der Waals surface area (Å²) < 4.78 is 24.1. The predicted molar refractivity (Wildman–Crippen MR) is 136 cm³/mol. The van der Waals surface area contributed by atoms with Gasteiger partial charge in [0.2, 0.25) is 0 Å². The first kappa shape index (κ1) is 24.4. The molecule has 1 aromatic heterocycles. The molecule has 4 aliphatic carbocycles. The first-order valence-electron chi connectivity index (χ1n) is 12.2. The van der Waals surface area contributed by atoms with Gasteiger partial charge in [0.1, 0.15) is 18.0 Å². The van der Waals surface area contributed by atoms with E-state index in [1.807, 2.05) is 16.7 Å². The molecule has 4 bridgehead atoms. The van der Waals surface area contributed by atoms with Crippen LogP contribution in [-0.4, -0.2) is 45.3 Å². The first-order valence-corrected chi connectivity index (χ1v) is 12.9. The molecule has 0 radical (unpaired) electrons. The zero-order valence-corrected chi connectivity index (χ0v) is 21.7. The molecule has 1 N–H and O–H groups in total. The number of hydroxylamine groups is 2. The smallest absolute Gasteiger partial charge is 0.269 e. The summed E-state index contributed by atoms with van der Waals surface area (Å²) in [6.45, 7) is 4.57. The topological polar surface area (TPSA) is 62.6 Å². The van der Waals surface area contributed by atoms with Crippen molar-refractivity contribution in [2.24, 2.45) is 23.2 Å². The van der Waals surface area contributed by atoms with Crippen molar-refractivity contribution in [3.63, 3.8) is 0 Å². The maximum absolute atomic E-state index is 15.1. The lowest BCUT2D eigenvalue weighted by Crippen LogP contribution is -2.48. The van der Waals surface area contributed by atoms with Crippen LogP contribution in [0.25, 0.3) is 10.9 Å². The molecule has 5 aliphatic rings. The van der Waals surface area contributed by atoms with E-state index in [0.29, 0.717) is 5.41 Å². The van der Waals surface area contributed by atoms with Gasteiger partial charge in [0.05, 0.1) is 16.8 Å². The van der Waals surface area contributed by atoms with Gasteiger partial charge in [-0.3, -0.25) is 14.9 Å². The highest BCUT2D eigenvalue weighted by molar-refractivity contribution is 7.92. The van der Waals surface area contributed by atoms with Gasteiger partial charge in [0.15, 0.2) is 0 Å². The molecule has 0 spiro atoms. The molecule has 5 fully saturated rings. The fourth-order valence-electron chi connectivity index (χ4n) is 7.13. The standard InChI is InChI=1S/C24H32FN5O2S.H2S/c1-15-19-9-20(23(31)27-28(2)33-32-29-4-3-5-29)21(25)10-22(19)30(26-15)14-24-11-16-6-17(12-24)8-18(7-16)13-24;/h9-10,16-18H,3-8,11-14H2,1-2H3,(H,27,31);1H2. The van der Waals surface area contributed by atoms with Gasteiger partial charge in [-0.2, -0.15) is 23.7 Å². The van der Waals surface area contributed by atoms with Gasteiger partial charge in [0.25, 0.3) is 5.91 Å². The Bertz CT molecular complexity index is 1050. The number of carbonyl (C=O) groups excluding carboxylic acids is 1. The summed E-state index contributed by atoms with van der Waals surface area (Å²) in [5.41, 5.74) is 4.64. The quantitative estimate of drug-likeness (QED) is 0.336. The Kier molecular flexibility index (Phi) is 6.65. The van der Waals surface area contributed by atoms with Crippen LogP contribution in [0.2, 0.25) is 0 Å². The zero-order valence-electron chi connectivity index (χ0n) is 19.8. The number of rotatable bonds is 7. The SMILES string of the molecule is Cc1nn(CC23CC4CC(CC(C4)C2)C3)c2cc(F)c(C(=O)NN(C)SON3CCC3)cc12.S. The number of hydrogen-bond donors (Lipinski definition) is 1. The molecule has 7 nitrogen and oxygen atoms in total. The number of carbonyl (C=O) groups is 1. The second kappa shape index (κ2) is 9.28. The van der Waals surface area contributed by atoms with Crippen LogP contribution < -0.4 is 5.43 Å². The Balaban J connectivity index is 0.00000241. The monoisotopic (exact) mass is 507 g/mol. The number of nitrogens with one attached hydrogen (secondary N) is 1. The van der Waals surface area contributed by atoms with Crippen molar-refractivity contribution in [1.82, 2.24) is 24.7 Å². The van der Waals surface area contributed by atoms with Crippen LogP contribution in [0.3, 0.4) is 0 Å². The predicted octanol–water partition coefficient (Wildman–Crippen LogP) is 4.59. The van der Waals surface area contributed by atoms with Crippen molar-refractivity contribution in [2.75, 3.05) is 20.1 Å². The van der Waals surface area contributed by atoms with Gasteiger partial charge < -0.3 is 0 Å². The summed E-state index contributed by atoms with van der Waals surface area (Å²) in [6, 6.07) is 3.14. The minimum atomic E-state index is -0.520. The van der Waals surface area contributed by atoms with E-state index in [4.69, 9.17) is 9.38 Å². The van der Waals surface area contributed by atoms with Crippen LogP contribution in [0.5, 0.6) is 0 Å². The Morgan fingerprint density at radius 1 is 1.24 bits per heavy atom. The van der Waals surface area contributed by atoms with E-state index < -0.39 is 11.7 Å². The number of nitrogens with zero attached hydrogens (tertiary/aromatic N) is 4. The number of amides is 1. The summed E-state index contributed by atoms with van der Waals surface area (Å²) in [5, 5.41) is 7.46. The van der Waals surface area contributed by atoms with E-state index in [1.165, 1.54) is 49.0 Å². The molecule has 1 saturated heterocycles. The number of aromatic nitrogens is 2. The van der Waals surface area contributed by atoms with Crippen molar-refractivity contribution in [1.29, 1.82) is 0 Å². The second-order valence-corrected chi connectivity index (χ2v) is 11.7. The molecule has 4 saturated carbocycles. The summed E-state index contributed by atoms with van der Waals surface area (Å²) in [5.74, 6) is 1.59. The van der Waals surface area contributed by atoms with E-state index in [0.717, 1.165) is 72.6 Å². The maximum Gasteiger partial charge on any atom is 0.269 e. The Morgan fingerprint density at radius 2 is 1.88 bits per heavy atom. The van der Waals surface area contributed by atoms with Crippen molar-refractivity contribution in [3.8, 4) is 0 Å². The zero-order chi connectivity index (χ0) is 22.7. The van der Waals surface area contributed by atoms with E-state index in [9.17, 15) is 4.79 Å². The van der Waals surface area contributed by atoms with Crippen LogP contribution in [0.1, 0.15) is 61.0 Å². The van der Waals surface area contributed by atoms with Crippen LogP contribution in [0, 0.1) is 35.9 Å². The molecule has 2 heterocycles. The van der Waals surface area contributed by atoms with Gasteiger partial charge in [-0.25, -0.2) is 8.67 Å². The normalized spacial score (nSPS) is 29.9. The molecule has 7 rings (SSSR count). The average Bonchev–Trinajstić information content (AvgIpc) is 2.98. The number of halogens is 1. The Hall–Kier alpha value is -1.33. The minimum Gasteiger partial charge on any atom is -0.273 e. The molecule has 1 amide bonds. The summed E-state index contributed by atoms with van der Waals surface area (Å²) >= 11 is 1.02. The van der Waals surface area contributed by atoms with Gasteiger partial charge in [0, 0.05) is 38.1 Å². The molecule has 1 aliphatic heterocycles. The van der Waals surface area contributed by atoms with Gasteiger partial charge in [-0.15, -0.1) is 4.41 Å². The summed E-state index contributed by atoms with van der Waals surface area (Å²) in [6.07, 6.45) is 9.17. The Labute approximate surface area is 211 Å². The number of hydrazine groups is 1. The summed E-state index contributed by atoms with van der Waals surface area (Å²) in [4.78, 5) is 12.8.